The lowest BCUT2D eigenvalue weighted by molar-refractivity contribution is 0.197. The van der Waals surface area contributed by atoms with Crippen LogP contribution in [0.3, 0.4) is 0 Å². The zero-order valence-electron chi connectivity index (χ0n) is 17.9. The van der Waals surface area contributed by atoms with E-state index in [1.807, 2.05) is 26.2 Å². The maximum absolute atomic E-state index is 12.3. The number of hydrogen-bond donors (Lipinski definition) is 2. The minimum absolute atomic E-state index is 0.131. The van der Waals surface area contributed by atoms with E-state index in [0.717, 1.165) is 34.3 Å². The average molecular weight is 523 g/mol. The lowest BCUT2D eigenvalue weighted by Crippen LogP contribution is -2.48. The van der Waals surface area contributed by atoms with Gasteiger partial charge in [-0.25, -0.2) is 14.8 Å². The third-order valence-corrected chi connectivity index (χ3v) is 6.56. The third kappa shape index (κ3) is 4.67. The first-order valence-electron chi connectivity index (χ1n) is 10.4. The number of carboxylic acid groups (broad SMARTS) is 1. The molecule has 0 bridgehead atoms. The monoisotopic (exact) mass is 521 g/mol. The van der Waals surface area contributed by atoms with E-state index in [9.17, 15) is 9.90 Å². The highest BCUT2D eigenvalue weighted by Crippen LogP contribution is 2.33. The number of hydrogen-bond acceptors (Lipinski definition) is 6. The number of fused-ring (bicyclic) bond motifs is 1. The van der Waals surface area contributed by atoms with Crippen LogP contribution in [0.25, 0.3) is 11.0 Å². The molecule has 2 aromatic heterocycles. The molecule has 1 aromatic carbocycles. The molecule has 1 aliphatic rings. The van der Waals surface area contributed by atoms with Crippen molar-refractivity contribution < 1.29 is 9.90 Å². The smallest absolute Gasteiger partial charge is 0.412 e. The first kappa shape index (κ1) is 22.8. The first-order chi connectivity index (χ1) is 15.3. The van der Waals surface area contributed by atoms with Crippen LogP contribution in [0.4, 0.5) is 16.3 Å². The van der Waals surface area contributed by atoms with Crippen LogP contribution in [-0.4, -0.2) is 76.0 Å². The summed E-state index contributed by atoms with van der Waals surface area (Å²) in [4.78, 5) is 26.8. The van der Waals surface area contributed by atoms with E-state index in [2.05, 4.69) is 45.9 Å². The van der Waals surface area contributed by atoms with Gasteiger partial charge in [0.15, 0.2) is 5.65 Å². The molecular weight excluding hydrogens is 498 g/mol. The van der Waals surface area contributed by atoms with Gasteiger partial charge in [-0.2, -0.15) is 5.10 Å². The summed E-state index contributed by atoms with van der Waals surface area (Å²) in [7, 11) is 3.99. The van der Waals surface area contributed by atoms with Crippen LogP contribution >= 0.6 is 27.5 Å². The van der Waals surface area contributed by atoms with Gasteiger partial charge in [0.2, 0.25) is 0 Å². The molecule has 170 valence electrons. The van der Waals surface area contributed by atoms with Gasteiger partial charge < -0.3 is 14.9 Å². The van der Waals surface area contributed by atoms with Gasteiger partial charge in [-0.05, 0) is 73.1 Å². The molecule has 3 aromatic rings. The SMILES string of the molecule is CN(C)CCc1cc(Cl)ccc1N(C(=O)O)C1CCN(c2ncnc3n[nH]c(Br)c23)CC1. The summed E-state index contributed by atoms with van der Waals surface area (Å²) in [6, 6.07) is 5.33. The second-order valence-corrected chi connectivity index (χ2v) is 9.36. The maximum Gasteiger partial charge on any atom is 0.412 e. The van der Waals surface area contributed by atoms with E-state index in [-0.39, 0.29) is 6.04 Å². The van der Waals surface area contributed by atoms with Crippen molar-refractivity contribution >= 4 is 56.2 Å². The second kappa shape index (κ2) is 9.60. The molecule has 0 radical (unpaired) electrons. The van der Waals surface area contributed by atoms with Crippen molar-refractivity contribution in [3.8, 4) is 0 Å². The zero-order chi connectivity index (χ0) is 22.8. The van der Waals surface area contributed by atoms with Gasteiger partial charge >= 0.3 is 6.09 Å². The number of aromatic amines is 1. The molecule has 1 amide bonds. The predicted octanol–water partition coefficient (Wildman–Crippen LogP) is 4.03. The fourth-order valence-corrected chi connectivity index (χ4v) is 4.81. The van der Waals surface area contributed by atoms with E-state index in [4.69, 9.17) is 11.6 Å². The number of benzene rings is 1. The van der Waals surface area contributed by atoms with Crippen molar-refractivity contribution in [1.82, 2.24) is 25.1 Å². The van der Waals surface area contributed by atoms with E-state index in [1.54, 1.807) is 6.07 Å². The molecule has 1 saturated heterocycles. The Morgan fingerprint density at radius 2 is 2.06 bits per heavy atom. The number of nitrogens with zero attached hydrogens (tertiary/aromatic N) is 6. The number of nitrogens with one attached hydrogen (secondary N) is 1. The van der Waals surface area contributed by atoms with Crippen molar-refractivity contribution in [2.45, 2.75) is 25.3 Å². The molecule has 9 nitrogen and oxygen atoms in total. The minimum atomic E-state index is -0.945. The number of likely N-dealkylation sites (N-methyl/N-ethyl adjacent to an activating group) is 1. The first-order valence-corrected chi connectivity index (χ1v) is 11.6. The second-order valence-electron chi connectivity index (χ2n) is 8.13. The van der Waals surface area contributed by atoms with Crippen LogP contribution < -0.4 is 9.80 Å². The fourth-order valence-electron chi connectivity index (χ4n) is 4.17. The number of carbonyl (C=O) groups is 1. The lowest BCUT2D eigenvalue weighted by Gasteiger charge is -2.38. The highest BCUT2D eigenvalue weighted by Gasteiger charge is 2.31. The minimum Gasteiger partial charge on any atom is -0.465 e. The van der Waals surface area contributed by atoms with Crippen molar-refractivity contribution in [2.24, 2.45) is 0 Å². The number of anilines is 2. The summed E-state index contributed by atoms with van der Waals surface area (Å²) < 4.78 is 0.740. The Balaban J connectivity index is 1.56. The molecule has 0 saturated carbocycles. The van der Waals surface area contributed by atoms with Gasteiger partial charge in [-0.3, -0.25) is 10.00 Å². The van der Waals surface area contributed by atoms with Crippen molar-refractivity contribution in [3.63, 3.8) is 0 Å². The summed E-state index contributed by atoms with van der Waals surface area (Å²) in [5.41, 5.74) is 2.25. The van der Waals surface area contributed by atoms with E-state index >= 15 is 0 Å². The summed E-state index contributed by atoms with van der Waals surface area (Å²) in [5, 5.41) is 18.6. The van der Waals surface area contributed by atoms with Gasteiger partial charge in [0.1, 0.15) is 16.7 Å². The number of piperidine rings is 1. The van der Waals surface area contributed by atoms with Gasteiger partial charge in [-0.1, -0.05) is 11.6 Å². The number of aromatic nitrogens is 4. The van der Waals surface area contributed by atoms with Crippen molar-refractivity contribution in [2.75, 3.05) is 43.5 Å². The summed E-state index contributed by atoms with van der Waals surface area (Å²) in [5.74, 6) is 0.800. The van der Waals surface area contributed by atoms with Gasteiger partial charge in [0.05, 0.1) is 11.1 Å². The molecule has 0 atom stereocenters. The molecule has 3 heterocycles. The van der Waals surface area contributed by atoms with Crippen LogP contribution in [0.5, 0.6) is 0 Å². The van der Waals surface area contributed by atoms with Crippen LogP contribution in [-0.2, 0) is 6.42 Å². The topological polar surface area (TPSA) is 101 Å². The normalized spacial score (nSPS) is 15.0. The highest BCUT2D eigenvalue weighted by atomic mass is 79.9. The Labute approximate surface area is 199 Å². The molecule has 11 heteroatoms. The zero-order valence-corrected chi connectivity index (χ0v) is 20.3. The Morgan fingerprint density at radius 1 is 1.31 bits per heavy atom. The Bertz CT molecular complexity index is 1110. The van der Waals surface area contributed by atoms with Crippen molar-refractivity contribution in [3.05, 3.63) is 39.7 Å². The number of amides is 1. The van der Waals surface area contributed by atoms with E-state index in [0.29, 0.717) is 42.3 Å². The summed E-state index contributed by atoms with van der Waals surface area (Å²) in [6.45, 7) is 2.17. The average Bonchev–Trinajstić information content (AvgIpc) is 3.15. The van der Waals surface area contributed by atoms with Crippen LogP contribution in [0.2, 0.25) is 5.02 Å². The summed E-state index contributed by atoms with van der Waals surface area (Å²) in [6.07, 6.45) is 2.65. The summed E-state index contributed by atoms with van der Waals surface area (Å²) >= 11 is 9.71. The largest absolute Gasteiger partial charge is 0.465 e. The predicted molar refractivity (Wildman–Crippen MR) is 129 cm³/mol. The molecule has 2 N–H and O–H groups in total. The molecule has 0 spiro atoms. The van der Waals surface area contributed by atoms with Gasteiger partial charge in [-0.15, -0.1) is 0 Å². The lowest BCUT2D eigenvalue weighted by atomic mass is 10.00. The molecule has 0 aliphatic carbocycles. The van der Waals surface area contributed by atoms with Crippen molar-refractivity contribution in [1.29, 1.82) is 0 Å². The van der Waals surface area contributed by atoms with Crippen LogP contribution in [0, 0.1) is 0 Å². The highest BCUT2D eigenvalue weighted by molar-refractivity contribution is 9.10. The number of halogens is 2. The molecule has 32 heavy (non-hydrogen) atoms. The van der Waals surface area contributed by atoms with Gasteiger partial charge in [0, 0.05) is 30.7 Å². The Kier molecular flexibility index (Phi) is 6.82. The number of H-pyrrole nitrogens is 1. The van der Waals surface area contributed by atoms with Crippen LogP contribution in [0.1, 0.15) is 18.4 Å². The molecule has 0 unspecified atom stereocenters. The Morgan fingerprint density at radius 3 is 2.75 bits per heavy atom. The van der Waals surface area contributed by atoms with E-state index in [1.165, 1.54) is 11.2 Å². The molecule has 1 fully saturated rings. The third-order valence-electron chi connectivity index (χ3n) is 5.75. The van der Waals surface area contributed by atoms with E-state index < -0.39 is 6.09 Å². The quantitative estimate of drug-likeness (QED) is 0.504. The number of rotatable bonds is 6. The molecular formula is C21H25BrClN7O2. The molecule has 4 rings (SSSR count). The fraction of sp³-hybridized carbons (Fsp3) is 0.429. The van der Waals surface area contributed by atoms with Gasteiger partial charge in [0.25, 0.3) is 0 Å². The standard InChI is InChI=1S/C21H25BrClN7O2/c1-28(2)8-5-13-11-14(23)3-4-16(13)30(21(31)32)15-6-9-29(10-7-15)20-17-18(22)26-27-19(17)24-12-25-20/h3-4,11-12,15H,5-10H2,1-2H3,(H,31,32)(H,24,25,26,27). The Hall–Kier alpha value is -2.43. The molecule has 1 aliphatic heterocycles. The maximum atomic E-state index is 12.3. The van der Waals surface area contributed by atoms with Crippen LogP contribution in [0.15, 0.2) is 29.1 Å².